The smallest absolute Gasteiger partial charge is 0.314 e. The number of alkyl halides is 1. The number of rotatable bonds is 4. The first kappa shape index (κ1) is 21.7. The average Bonchev–Trinajstić information content (AvgIpc) is 2.22. The van der Waals surface area contributed by atoms with Crippen LogP contribution >= 0.6 is 53.2 Å². The van der Waals surface area contributed by atoms with E-state index in [1.165, 1.54) is 7.11 Å². The third kappa shape index (κ3) is 31.3. The van der Waals surface area contributed by atoms with Crippen molar-refractivity contribution in [3.05, 3.63) is 0 Å². The van der Waals surface area contributed by atoms with Crippen LogP contribution in [-0.4, -0.2) is 42.2 Å². The van der Waals surface area contributed by atoms with E-state index in [4.69, 9.17) is 5.11 Å². The summed E-state index contributed by atoms with van der Waals surface area (Å²) in [5.41, 5.74) is 0. The molecule has 1 N–H and O–H groups in total. The van der Waals surface area contributed by atoms with Gasteiger partial charge < -0.3 is 9.84 Å². The first-order valence-corrected chi connectivity index (χ1v) is 16.8. The molecule has 0 aliphatic carbocycles. The third-order valence-electron chi connectivity index (χ3n) is 0.655. The zero-order chi connectivity index (χ0) is 12.7. The van der Waals surface area contributed by atoms with Crippen LogP contribution < -0.4 is 13.3 Å². The average molecular weight is 622 g/mol. The number of aldehydes is 2. The van der Waals surface area contributed by atoms with E-state index in [1.54, 1.807) is 0 Å². The van der Waals surface area contributed by atoms with E-state index in [0.29, 0.717) is 25.8 Å². The van der Waals surface area contributed by atoms with Crippen molar-refractivity contribution in [1.29, 1.82) is 0 Å². The van der Waals surface area contributed by atoms with Crippen molar-refractivity contribution >= 4 is 71.7 Å². The van der Waals surface area contributed by atoms with Gasteiger partial charge in [0.25, 0.3) is 0 Å². The molecule has 15 heavy (non-hydrogen) atoms. The molecule has 0 aliphatic rings. The first-order chi connectivity index (χ1) is 7.03. The van der Waals surface area contributed by atoms with E-state index in [1.807, 2.05) is 0 Å². The molecule has 0 atom stereocenters. The summed E-state index contributed by atoms with van der Waals surface area (Å²) in [6.45, 7) is 0. The fourth-order valence-electron chi connectivity index (χ4n) is 0.143. The van der Waals surface area contributed by atoms with Crippen LogP contribution in [0.1, 0.15) is 0 Å². The number of hydrogen-bond acceptors (Lipinski definition) is 4. The Kier molecular flexibility index (Phi) is 30.1. The normalized spacial score (nSPS) is 8.07. The van der Waals surface area contributed by atoms with Gasteiger partial charge in [0.15, 0.2) is 18.7 Å². The van der Waals surface area contributed by atoms with Gasteiger partial charge in [0.2, 0.25) is 0 Å². The Morgan fingerprint density at radius 2 is 1.80 bits per heavy atom. The quantitative estimate of drug-likeness (QED) is 0.182. The minimum Gasteiger partial charge on any atom is -0.481 e. The van der Waals surface area contributed by atoms with E-state index >= 15 is 0 Å². The molecule has 0 aromatic rings. The van der Waals surface area contributed by atoms with Gasteiger partial charge >= 0.3 is 56.5 Å². The van der Waals surface area contributed by atoms with Crippen LogP contribution in [0, 0.1) is 0 Å². The van der Waals surface area contributed by atoms with Crippen molar-refractivity contribution in [3.63, 3.8) is 0 Å². The monoisotopic (exact) mass is 621 g/mol. The summed E-state index contributed by atoms with van der Waals surface area (Å²) < 4.78 is 4.31. The topological polar surface area (TPSA) is 80.7 Å². The Hall–Kier alpha value is 1.44. The van der Waals surface area contributed by atoms with Crippen molar-refractivity contribution in [2.45, 2.75) is 6.10 Å². The van der Waals surface area contributed by atoms with E-state index in [0.717, 1.165) is 0 Å². The summed E-state index contributed by atoms with van der Waals surface area (Å²) in [7, 11) is 1.30. The summed E-state index contributed by atoms with van der Waals surface area (Å²) in [5, 5.41) is 7.71. The van der Waals surface area contributed by atoms with Crippen LogP contribution in [0.2, 0.25) is 0 Å². The second-order valence-electron chi connectivity index (χ2n) is 1.55. The Morgan fingerprint density at radius 3 is 1.80 bits per heavy atom. The number of carbonyl (C=O) groups is 3. The largest absolute Gasteiger partial charge is 0.481 e. The van der Waals surface area contributed by atoms with Gasteiger partial charge in [0, 0.05) is 7.11 Å². The molecule has 0 amide bonds. The molecule has 92 valence electrons. The summed E-state index contributed by atoms with van der Waals surface area (Å²) in [4.78, 5) is 28.5. The molecule has 0 saturated heterocycles. The molecule has 0 unspecified atom stereocenters. The number of carboxylic acids is 1. The number of methoxy groups -OCH3 is 1. The molecular formula is C6H9BrI3O5-. The number of ether oxygens (including phenoxy) is 1. The molecule has 0 bridgehead atoms. The second-order valence-corrected chi connectivity index (χ2v) is 18.4. The van der Waals surface area contributed by atoms with Crippen LogP contribution in [0.15, 0.2) is 0 Å². The predicted molar refractivity (Wildman–Crippen MR) is 72.4 cm³/mol. The minimum absolute atomic E-state index is 0.0347. The minimum atomic E-state index is -0.875. The summed E-state index contributed by atoms with van der Waals surface area (Å²) in [5.74, 6) is -0.829. The summed E-state index contributed by atoms with van der Waals surface area (Å²) in [6, 6.07) is 0. The maximum absolute atomic E-state index is 9.61. The molecule has 9 heteroatoms. The first-order valence-electron chi connectivity index (χ1n) is 3.12. The Balaban J connectivity index is -0.000000158. The molecule has 0 radical (unpaired) electrons. The second kappa shape index (κ2) is 20.8. The molecule has 5 nitrogen and oxygen atoms in total. The molecule has 0 heterocycles. The third-order valence-corrected chi connectivity index (χ3v) is 1.13. The summed E-state index contributed by atoms with van der Waals surface area (Å²) in [6.07, 6.45) is -0.000000000000000222. The van der Waals surface area contributed by atoms with Gasteiger partial charge in [-0.25, -0.2) is 0 Å². The molecule has 0 saturated carbocycles. The molecule has 0 spiro atoms. The number of hydrogen-bond donors (Lipinski definition) is 1. The molecule has 0 aliphatic heterocycles. The number of carbonyl (C=O) groups excluding carboxylic acids is 2. The molecule has 0 fully saturated rings. The van der Waals surface area contributed by atoms with Crippen LogP contribution in [0.5, 0.6) is 0 Å². The van der Waals surface area contributed by atoms with Crippen LogP contribution in [0.25, 0.3) is 0 Å². The number of halogens is 4. The van der Waals surface area contributed by atoms with Crippen molar-refractivity contribution < 1.29 is 37.5 Å². The van der Waals surface area contributed by atoms with Gasteiger partial charge in [-0.2, -0.15) is 0 Å². The van der Waals surface area contributed by atoms with Gasteiger partial charge in [-0.1, -0.05) is 15.9 Å². The van der Waals surface area contributed by atoms with E-state index in [9.17, 15) is 14.4 Å². The van der Waals surface area contributed by atoms with E-state index in [-0.39, 0.29) is 5.33 Å². The van der Waals surface area contributed by atoms with Crippen LogP contribution in [0.3, 0.4) is 0 Å². The molecular weight excluding hydrogens is 613 g/mol. The molecule has 0 aromatic heterocycles. The molecule has 0 aromatic carbocycles. The van der Waals surface area contributed by atoms with Crippen molar-refractivity contribution in [2.24, 2.45) is 0 Å². The SMILES string of the molecule is COC(C=O)C=O.I[I-]I.O=C(O)CBr. The van der Waals surface area contributed by atoms with Crippen LogP contribution in [-0.2, 0) is 19.1 Å². The fraction of sp³-hybridized carbons (Fsp3) is 0.500. The number of carboxylic acid groups (broad SMARTS) is 1. The standard InChI is InChI=1S/C4H6O3.C2H3BrO2.I3/c1-7-4(2-5)3-6;3-1-2(4)5;1-3-2/h2-4H,1H3;1H2,(H,4,5);/q;;-1. The number of aliphatic carboxylic acids is 1. The Labute approximate surface area is 126 Å². The predicted octanol–water partition coefficient (Wildman–Crippen LogP) is -1.36. The van der Waals surface area contributed by atoms with Gasteiger partial charge in [-0.15, -0.1) is 0 Å². The van der Waals surface area contributed by atoms with Gasteiger partial charge in [-0.05, 0) is 0 Å². The van der Waals surface area contributed by atoms with Gasteiger partial charge in [0.1, 0.15) is 5.33 Å². The maximum atomic E-state index is 9.61. The van der Waals surface area contributed by atoms with Gasteiger partial charge in [-0.3, -0.25) is 14.4 Å². The van der Waals surface area contributed by atoms with Crippen LogP contribution in [0.4, 0.5) is 0 Å². The Bertz CT molecular complexity index is 161. The molecule has 0 rings (SSSR count). The van der Waals surface area contributed by atoms with Crippen molar-refractivity contribution in [1.82, 2.24) is 0 Å². The Morgan fingerprint density at radius 1 is 1.53 bits per heavy atom. The summed E-state index contributed by atoms with van der Waals surface area (Å²) >= 11 is 8.01. The van der Waals surface area contributed by atoms with E-state index < -0.39 is 12.1 Å². The zero-order valence-electron chi connectivity index (χ0n) is 7.53. The van der Waals surface area contributed by atoms with Crippen molar-refractivity contribution in [3.8, 4) is 0 Å². The van der Waals surface area contributed by atoms with E-state index in [2.05, 4.69) is 57.9 Å². The maximum Gasteiger partial charge on any atom is 0.314 e. The zero-order valence-corrected chi connectivity index (χ0v) is 15.6. The van der Waals surface area contributed by atoms with Crippen molar-refractivity contribution in [2.75, 3.05) is 12.4 Å². The van der Waals surface area contributed by atoms with Gasteiger partial charge in [0.05, 0.1) is 0 Å². The fourth-order valence-corrected chi connectivity index (χ4v) is 0.143.